The monoisotopic (exact) mass is 898 g/mol. The van der Waals surface area contributed by atoms with Crippen LogP contribution < -0.4 is 16.4 Å². The van der Waals surface area contributed by atoms with E-state index in [0.717, 1.165) is 12.8 Å². The first-order chi connectivity index (χ1) is 33.8. The molecule has 0 radical (unpaired) electrons. The van der Waals surface area contributed by atoms with Gasteiger partial charge in [0.25, 0.3) is 6.71 Å². The summed E-state index contributed by atoms with van der Waals surface area (Å²) >= 11 is 0. The maximum absolute atomic E-state index is 2.79. The lowest BCUT2D eigenvalue weighted by Crippen LogP contribution is -2.60. The number of fused-ring (bicyclic) bond motifs is 13. The Morgan fingerprint density at radius 3 is 1.71 bits per heavy atom. The van der Waals surface area contributed by atoms with Gasteiger partial charge in [0.2, 0.25) is 0 Å². The highest BCUT2D eigenvalue weighted by Crippen LogP contribution is 2.62. The van der Waals surface area contributed by atoms with Gasteiger partial charge < -0.3 is 9.13 Å². The zero-order chi connectivity index (χ0) is 47.3. The van der Waals surface area contributed by atoms with Gasteiger partial charge in [0.15, 0.2) is 0 Å². The molecule has 3 aliphatic heterocycles. The Kier molecular flexibility index (Phi) is 7.81. The first-order valence-electron chi connectivity index (χ1n) is 25.5. The van der Waals surface area contributed by atoms with Gasteiger partial charge in [0.05, 0.1) is 22.1 Å². The van der Waals surface area contributed by atoms with E-state index in [1.54, 1.807) is 0 Å². The predicted octanol–water partition coefficient (Wildman–Crippen LogP) is 14.8. The van der Waals surface area contributed by atoms with Gasteiger partial charge in [-0.25, -0.2) is 0 Å². The third-order valence-corrected chi connectivity index (χ3v) is 16.5. The number of hydrogen-bond acceptors (Lipinski definition) is 0. The fraction of sp³-hybridized carbons (Fsp3) is 0.194. The van der Waals surface area contributed by atoms with Crippen molar-refractivity contribution in [3.63, 3.8) is 0 Å². The average molecular weight is 899 g/mol. The molecule has 1 spiro atoms. The van der Waals surface area contributed by atoms with Crippen LogP contribution in [0.1, 0.15) is 86.1 Å². The van der Waals surface area contributed by atoms with E-state index >= 15 is 0 Å². The molecule has 0 atom stereocenters. The molecule has 3 heteroatoms. The molecule has 11 aromatic rings. The minimum absolute atomic E-state index is 0.00561. The van der Waals surface area contributed by atoms with E-state index in [0.29, 0.717) is 0 Å². The molecule has 0 saturated heterocycles. The molecule has 2 nitrogen and oxygen atoms in total. The molecule has 15 rings (SSSR count). The average Bonchev–Trinajstić information content (AvgIpc) is 3.96. The van der Waals surface area contributed by atoms with Gasteiger partial charge in [-0.1, -0.05) is 198 Å². The van der Waals surface area contributed by atoms with E-state index in [9.17, 15) is 0 Å². The second-order valence-corrected chi connectivity index (χ2v) is 23.8. The maximum atomic E-state index is 2.79. The summed E-state index contributed by atoms with van der Waals surface area (Å²) in [5.74, 6) is 0. The highest BCUT2D eigenvalue weighted by atomic mass is 15.1. The summed E-state index contributed by atoms with van der Waals surface area (Å²) in [6, 6.07) is 64.5. The summed E-state index contributed by atoms with van der Waals surface area (Å²) in [5, 5.41) is 6.71. The van der Waals surface area contributed by atoms with Crippen LogP contribution in [-0.4, -0.2) is 15.8 Å². The third-order valence-electron chi connectivity index (χ3n) is 16.5. The zero-order valence-corrected chi connectivity index (χ0v) is 41.5. The van der Waals surface area contributed by atoms with Crippen molar-refractivity contribution < 1.29 is 0 Å². The van der Waals surface area contributed by atoms with Gasteiger partial charge in [-0.2, -0.15) is 0 Å². The molecule has 0 amide bonds. The van der Waals surface area contributed by atoms with Crippen molar-refractivity contribution in [2.24, 2.45) is 10.8 Å². The molecule has 5 heterocycles. The molecule has 0 fully saturated rings. The van der Waals surface area contributed by atoms with E-state index in [-0.39, 0.29) is 17.5 Å². The smallest absolute Gasteiger partial charge is 0.252 e. The second kappa shape index (κ2) is 13.5. The normalized spacial score (nSPS) is 14.5. The molecule has 4 aliphatic rings. The SMILES string of the molecule is Cc1ccc2c(c1)C1(c3cc(C)ccc3-2)c2ccc3c4c2-n2c5c(cc(CC(C)(C)C)cc5c5cc(CC(C)(C)C)cc1c52)B4c1cc2ccccc2c2c(-c4ccccc4)c(-c4ccccc4)n-3c12. The van der Waals surface area contributed by atoms with Gasteiger partial charge >= 0.3 is 0 Å². The highest BCUT2D eigenvalue weighted by Gasteiger charge is 2.55. The quantitative estimate of drug-likeness (QED) is 0.156. The van der Waals surface area contributed by atoms with Crippen LogP contribution in [0.15, 0.2) is 164 Å². The number of rotatable bonds is 4. The minimum Gasteiger partial charge on any atom is -0.310 e. The number of aryl methyl sites for hydroxylation is 2. The van der Waals surface area contributed by atoms with Crippen LogP contribution in [0.3, 0.4) is 0 Å². The fourth-order valence-corrected chi connectivity index (χ4v) is 14.4. The molecule has 2 aromatic heterocycles. The number of aromatic nitrogens is 2. The van der Waals surface area contributed by atoms with Crippen molar-refractivity contribution in [2.75, 3.05) is 0 Å². The first-order valence-corrected chi connectivity index (χ1v) is 25.5. The Hall–Kier alpha value is -7.36. The van der Waals surface area contributed by atoms with E-state index in [1.165, 1.54) is 149 Å². The van der Waals surface area contributed by atoms with E-state index < -0.39 is 5.41 Å². The maximum Gasteiger partial charge on any atom is 0.252 e. The minimum atomic E-state index is -0.549. The summed E-state index contributed by atoms with van der Waals surface area (Å²) in [4.78, 5) is 0. The third kappa shape index (κ3) is 5.15. The lowest BCUT2D eigenvalue weighted by molar-refractivity contribution is 0.411. The van der Waals surface area contributed by atoms with Gasteiger partial charge in [-0.3, -0.25) is 0 Å². The van der Waals surface area contributed by atoms with Crippen LogP contribution in [0, 0.1) is 24.7 Å². The second-order valence-electron chi connectivity index (χ2n) is 23.8. The summed E-state index contributed by atoms with van der Waals surface area (Å²) in [5.41, 5.74) is 29.4. The van der Waals surface area contributed by atoms with Crippen molar-refractivity contribution in [1.82, 2.24) is 9.13 Å². The Labute approximate surface area is 411 Å². The number of nitrogens with zero attached hydrogens (tertiary/aromatic N) is 2. The van der Waals surface area contributed by atoms with Gasteiger partial charge in [-0.15, -0.1) is 0 Å². The molecule has 0 bridgehead atoms. The van der Waals surface area contributed by atoms with Crippen LogP contribution in [0.5, 0.6) is 0 Å². The Bertz CT molecular complexity index is 4100. The molecule has 9 aromatic carbocycles. The lowest BCUT2D eigenvalue weighted by atomic mass is 9.33. The Morgan fingerprint density at radius 2 is 1.06 bits per heavy atom. The molecule has 70 heavy (non-hydrogen) atoms. The van der Waals surface area contributed by atoms with E-state index in [4.69, 9.17) is 0 Å². The number of hydrogen-bond donors (Lipinski definition) is 0. The van der Waals surface area contributed by atoms with Crippen LogP contribution in [-0.2, 0) is 18.3 Å². The fourth-order valence-electron chi connectivity index (χ4n) is 14.4. The predicted molar refractivity (Wildman–Crippen MR) is 297 cm³/mol. The van der Waals surface area contributed by atoms with Crippen LogP contribution >= 0.6 is 0 Å². The Morgan fingerprint density at radius 1 is 0.471 bits per heavy atom. The summed E-state index contributed by atoms with van der Waals surface area (Å²) in [6.07, 6.45) is 1.98. The highest BCUT2D eigenvalue weighted by molar-refractivity contribution is 7.00. The molecule has 0 saturated carbocycles. The lowest BCUT2D eigenvalue weighted by Gasteiger charge is -2.44. The molecule has 0 N–H and O–H groups in total. The summed E-state index contributed by atoms with van der Waals surface area (Å²) in [6.45, 7) is 19.0. The Balaban J connectivity index is 1.21. The molecule has 336 valence electrons. The van der Waals surface area contributed by atoms with Crippen LogP contribution in [0.2, 0.25) is 0 Å². The van der Waals surface area contributed by atoms with Crippen LogP contribution in [0.25, 0.3) is 88.4 Å². The van der Waals surface area contributed by atoms with E-state index in [2.05, 4.69) is 228 Å². The standard InChI is InChI=1S/C67H55BN2/c1-38-23-25-46-47-26-24-39(2)30-52(47)67(51(46)29-38)50-27-28-56-59-63(50)70-61-48(31-40(33-53(61)67)36-65(3,4)5)49-32-41(37-66(6,7)8)34-54(62(49)70)68(59)55-35-44-21-15-16-22-45(44)58-57(42-17-11-9-12-18-42)60(69(56)64(55)58)43-19-13-10-14-20-43/h9-35H,36-37H2,1-8H3. The van der Waals surface area contributed by atoms with Crippen molar-refractivity contribution in [3.8, 4) is 44.9 Å². The van der Waals surface area contributed by atoms with Gasteiger partial charge in [-0.05, 0) is 139 Å². The van der Waals surface area contributed by atoms with Gasteiger partial charge in [0.1, 0.15) is 0 Å². The summed E-state index contributed by atoms with van der Waals surface area (Å²) < 4.78 is 5.51. The zero-order valence-electron chi connectivity index (χ0n) is 41.5. The molecule has 1 aliphatic carbocycles. The summed E-state index contributed by atoms with van der Waals surface area (Å²) in [7, 11) is 0. The van der Waals surface area contributed by atoms with Crippen LogP contribution in [0.4, 0.5) is 0 Å². The molecular formula is C67H55BN2. The number of benzene rings is 9. The first kappa shape index (κ1) is 40.5. The van der Waals surface area contributed by atoms with E-state index in [1.807, 2.05) is 0 Å². The van der Waals surface area contributed by atoms with Crippen molar-refractivity contribution in [2.45, 2.75) is 73.6 Å². The van der Waals surface area contributed by atoms with Crippen molar-refractivity contribution in [3.05, 3.63) is 208 Å². The topological polar surface area (TPSA) is 9.86 Å². The van der Waals surface area contributed by atoms with Crippen molar-refractivity contribution in [1.29, 1.82) is 0 Å². The molecular weight excluding hydrogens is 844 g/mol. The van der Waals surface area contributed by atoms with Gasteiger partial charge in [0, 0.05) is 38.6 Å². The molecule has 0 unspecified atom stereocenters. The van der Waals surface area contributed by atoms with Crippen molar-refractivity contribution >= 4 is 66.6 Å². The largest absolute Gasteiger partial charge is 0.310 e.